The Morgan fingerprint density at radius 3 is 2.70 bits per heavy atom. The summed E-state index contributed by atoms with van der Waals surface area (Å²) >= 11 is 0. The predicted molar refractivity (Wildman–Crippen MR) is 114 cm³/mol. The number of nitrogens with zero attached hydrogens (tertiary/aromatic N) is 7. The van der Waals surface area contributed by atoms with Crippen molar-refractivity contribution in [3.05, 3.63) is 54.5 Å². The van der Waals surface area contributed by atoms with Crippen LogP contribution >= 0.6 is 0 Å². The van der Waals surface area contributed by atoms with Gasteiger partial charge < -0.3 is 15.4 Å². The van der Waals surface area contributed by atoms with E-state index in [-0.39, 0.29) is 6.61 Å². The molecule has 30 heavy (non-hydrogen) atoms. The number of hydrogen-bond acceptors (Lipinski definition) is 7. The maximum atomic E-state index is 9.74. The number of aliphatic hydroxyl groups is 1. The second-order valence-electron chi connectivity index (χ2n) is 6.79. The normalized spacial score (nSPS) is 11.7. The Balaban J connectivity index is 2.08. The molecular weight excluding hydrogens is 380 g/mol. The highest BCUT2D eigenvalue weighted by molar-refractivity contribution is 6.05. The Labute approximate surface area is 172 Å². The fourth-order valence-electron chi connectivity index (χ4n) is 3.44. The van der Waals surface area contributed by atoms with Gasteiger partial charge in [0.25, 0.3) is 0 Å². The predicted octanol–water partition coefficient (Wildman–Crippen LogP) is 2.48. The number of hydrogen-bond donors (Lipinski definition) is 2. The van der Waals surface area contributed by atoms with Crippen molar-refractivity contribution < 1.29 is 5.11 Å². The van der Waals surface area contributed by atoms with Crippen molar-refractivity contribution in [3.63, 3.8) is 0 Å². The Morgan fingerprint density at radius 1 is 1.23 bits per heavy atom. The number of allylic oxidation sites excluding steroid dienone is 1. The summed E-state index contributed by atoms with van der Waals surface area (Å²) in [5.74, 6) is 0.354. The van der Waals surface area contributed by atoms with Gasteiger partial charge in [-0.3, -0.25) is 0 Å². The molecule has 0 saturated heterocycles. The summed E-state index contributed by atoms with van der Waals surface area (Å²) in [4.78, 5) is 12.6. The van der Waals surface area contributed by atoms with Crippen LogP contribution in [0.15, 0.2) is 43.2 Å². The smallest absolute Gasteiger partial charge is 0.146 e. The van der Waals surface area contributed by atoms with E-state index in [9.17, 15) is 10.4 Å². The lowest BCUT2D eigenvalue weighted by molar-refractivity contribution is 0.280. The highest BCUT2D eigenvalue weighted by Crippen LogP contribution is 2.38. The van der Waals surface area contributed by atoms with Crippen molar-refractivity contribution in [3.8, 4) is 17.2 Å². The molecule has 4 aromatic rings. The molecule has 4 rings (SSSR count). The molecule has 3 N–H and O–H groups in total. The van der Waals surface area contributed by atoms with E-state index in [4.69, 9.17) is 5.73 Å². The van der Waals surface area contributed by atoms with Gasteiger partial charge in [-0.05, 0) is 25.0 Å². The van der Waals surface area contributed by atoms with Crippen LogP contribution in [0.4, 0.5) is 5.82 Å². The first-order valence-electron chi connectivity index (χ1n) is 9.41. The van der Waals surface area contributed by atoms with E-state index in [1.54, 1.807) is 6.08 Å². The molecule has 1 aromatic carbocycles. The van der Waals surface area contributed by atoms with E-state index in [2.05, 4.69) is 26.1 Å². The fraction of sp³-hybridized carbons (Fsp3) is 0.190. The number of nitrogen functional groups attached to an aromatic ring is 1. The Hall–Kier alpha value is -4.03. The van der Waals surface area contributed by atoms with Crippen molar-refractivity contribution >= 4 is 28.6 Å². The van der Waals surface area contributed by atoms with Crippen molar-refractivity contribution in [2.24, 2.45) is 0 Å². The monoisotopic (exact) mass is 400 g/mol. The summed E-state index contributed by atoms with van der Waals surface area (Å²) in [6, 6.07) is 10.2. The van der Waals surface area contributed by atoms with E-state index in [0.29, 0.717) is 35.5 Å². The molecule has 0 bridgehead atoms. The number of fused-ring (bicyclic) bond motifs is 1. The third-order valence-electron chi connectivity index (χ3n) is 4.84. The summed E-state index contributed by atoms with van der Waals surface area (Å²) in [6.07, 6.45) is 6.52. The Morgan fingerprint density at radius 2 is 2.03 bits per heavy atom. The zero-order valence-corrected chi connectivity index (χ0v) is 16.4. The van der Waals surface area contributed by atoms with Gasteiger partial charge in [-0.15, -0.1) is 0 Å². The second kappa shape index (κ2) is 8.14. The molecule has 0 aliphatic carbocycles. The molecule has 0 fully saturated rings. The first-order valence-corrected chi connectivity index (χ1v) is 9.41. The van der Waals surface area contributed by atoms with E-state index in [0.717, 1.165) is 22.4 Å². The molecule has 3 heterocycles. The second-order valence-corrected chi connectivity index (χ2v) is 6.79. The molecule has 0 amide bonds. The molecule has 9 nitrogen and oxygen atoms in total. The summed E-state index contributed by atoms with van der Waals surface area (Å²) in [5.41, 5.74) is 10.8. The van der Waals surface area contributed by atoms with Crippen LogP contribution in [0.2, 0.25) is 0 Å². The van der Waals surface area contributed by atoms with Gasteiger partial charge in [-0.2, -0.15) is 10.4 Å². The van der Waals surface area contributed by atoms with E-state index < -0.39 is 0 Å². The van der Waals surface area contributed by atoms with E-state index >= 15 is 0 Å². The van der Waals surface area contributed by atoms with Crippen LogP contribution in [0.1, 0.15) is 17.7 Å². The number of benzene rings is 1. The summed E-state index contributed by atoms with van der Waals surface area (Å²) in [5, 5.41) is 23.9. The quantitative estimate of drug-likeness (QED) is 0.475. The molecule has 0 aliphatic heterocycles. The zero-order valence-electron chi connectivity index (χ0n) is 16.4. The van der Waals surface area contributed by atoms with Crippen LogP contribution in [-0.4, -0.2) is 41.0 Å². The molecule has 0 aliphatic rings. The topological polar surface area (TPSA) is 131 Å². The number of aryl methyl sites for hydroxylation is 2. The Kier molecular flexibility index (Phi) is 5.24. The minimum absolute atomic E-state index is 0.0252. The number of anilines is 1. The molecule has 0 saturated carbocycles. The minimum Gasteiger partial charge on any atom is -0.396 e. The lowest BCUT2D eigenvalue weighted by Gasteiger charge is -2.09. The molecule has 0 radical (unpaired) electrons. The van der Waals surface area contributed by atoms with Gasteiger partial charge in [-0.25, -0.2) is 19.6 Å². The Bertz CT molecular complexity index is 1250. The zero-order chi connectivity index (χ0) is 21.1. The molecule has 0 unspecified atom stereocenters. The van der Waals surface area contributed by atoms with Crippen molar-refractivity contribution in [1.29, 1.82) is 5.26 Å². The van der Waals surface area contributed by atoms with Crippen LogP contribution < -0.4 is 5.73 Å². The fourth-order valence-corrected chi connectivity index (χ4v) is 3.44. The highest BCUT2D eigenvalue weighted by atomic mass is 16.3. The number of nitriles is 1. The third kappa shape index (κ3) is 3.40. The molecule has 3 aromatic heterocycles. The molecule has 0 spiro atoms. The van der Waals surface area contributed by atoms with Gasteiger partial charge in [0.05, 0.1) is 11.1 Å². The summed E-state index contributed by atoms with van der Waals surface area (Å²) in [6.45, 7) is 2.54. The first-order chi connectivity index (χ1) is 14.6. The molecule has 0 atom stereocenters. The van der Waals surface area contributed by atoms with Gasteiger partial charge in [0.15, 0.2) is 0 Å². The van der Waals surface area contributed by atoms with Crippen LogP contribution in [-0.2, 0) is 6.54 Å². The molecule has 9 heteroatoms. The lowest BCUT2D eigenvalue weighted by atomic mass is 10.0. The van der Waals surface area contributed by atoms with Gasteiger partial charge in [-0.1, -0.05) is 29.8 Å². The average Bonchev–Trinajstić information content (AvgIpc) is 3.38. The third-order valence-corrected chi connectivity index (χ3v) is 4.84. The largest absolute Gasteiger partial charge is 0.396 e. The SMILES string of the molecule is Cc1ccc(-c2c(C=C(C#N)n3cncn3)n(CCCO)c3ncnc(N)c23)cc1. The van der Waals surface area contributed by atoms with Gasteiger partial charge in [0.2, 0.25) is 0 Å². The number of aliphatic hydroxyl groups excluding tert-OH is 1. The first kappa shape index (κ1) is 19.3. The number of aromatic nitrogens is 6. The number of nitrogens with two attached hydrogens (primary N) is 1. The maximum absolute atomic E-state index is 9.74. The molecular formula is C21H20N8O. The lowest BCUT2D eigenvalue weighted by Crippen LogP contribution is -2.05. The van der Waals surface area contributed by atoms with Crippen LogP contribution in [0.3, 0.4) is 0 Å². The minimum atomic E-state index is 0.0252. The summed E-state index contributed by atoms with van der Waals surface area (Å²) < 4.78 is 3.36. The van der Waals surface area contributed by atoms with Crippen LogP contribution in [0, 0.1) is 18.3 Å². The maximum Gasteiger partial charge on any atom is 0.146 e. The molecule has 150 valence electrons. The van der Waals surface area contributed by atoms with Gasteiger partial charge in [0.1, 0.15) is 42.2 Å². The van der Waals surface area contributed by atoms with Crippen LogP contribution in [0.5, 0.6) is 0 Å². The average molecular weight is 400 g/mol. The van der Waals surface area contributed by atoms with Gasteiger partial charge in [0, 0.05) is 18.7 Å². The van der Waals surface area contributed by atoms with Crippen molar-refractivity contribution in [2.75, 3.05) is 12.3 Å². The van der Waals surface area contributed by atoms with Crippen LogP contribution in [0.25, 0.3) is 33.9 Å². The van der Waals surface area contributed by atoms with Gasteiger partial charge >= 0.3 is 0 Å². The van der Waals surface area contributed by atoms with Crippen molar-refractivity contribution in [1.82, 2.24) is 29.3 Å². The standard InChI is InChI=1S/C21H20N8O/c1-14-3-5-15(6-4-14)18-17(9-16(10-22)29-13-24-11-27-29)28(7-2-8-30)21-19(18)20(23)25-12-26-21/h3-6,9,11-13,30H,2,7-8H2,1H3,(H2,23,25,26). The number of rotatable bonds is 6. The highest BCUT2D eigenvalue weighted by Gasteiger charge is 2.21. The summed E-state index contributed by atoms with van der Waals surface area (Å²) in [7, 11) is 0. The van der Waals surface area contributed by atoms with Crippen molar-refractivity contribution in [2.45, 2.75) is 19.9 Å². The van der Waals surface area contributed by atoms with E-state index in [1.807, 2.05) is 35.8 Å². The van der Waals surface area contributed by atoms with E-state index in [1.165, 1.54) is 23.7 Å².